The largest absolute Gasteiger partial charge is 0.458 e. The summed E-state index contributed by atoms with van der Waals surface area (Å²) in [6, 6.07) is 140. The lowest BCUT2D eigenvalue weighted by Crippen LogP contribution is -2.64. The summed E-state index contributed by atoms with van der Waals surface area (Å²) in [5.74, 6) is 3.20. The van der Waals surface area contributed by atoms with Gasteiger partial charge in [0.25, 0.3) is 13.4 Å². The highest BCUT2D eigenvalue weighted by atomic mass is 16.5. The van der Waals surface area contributed by atoms with Crippen molar-refractivity contribution in [2.45, 2.75) is 0 Å². The van der Waals surface area contributed by atoms with Gasteiger partial charge in [-0.1, -0.05) is 291 Å². The van der Waals surface area contributed by atoms with Gasteiger partial charge in [0.1, 0.15) is 23.0 Å². The van der Waals surface area contributed by atoms with E-state index in [0.29, 0.717) is 0 Å². The van der Waals surface area contributed by atoms with Crippen LogP contribution in [0.1, 0.15) is 0 Å². The van der Waals surface area contributed by atoms with Crippen molar-refractivity contribution in [3.8, 4) is 101 Å². The van der Waals surface area contributed by atoms with Gasteiger partial charge in [0.15, 0.2) is 0 Å². The number of ether oxygens (including phenoxy) is 2. The third-order valence-electron chi connectivity index (χ3n) is 21.2. The van der Waals surface area contributed by atoms with E-state index < -0.39 is 0 Å². The standard InChI is InChI=1S/C96H63B2N3O2/c1-7-25-64(26-8-1)68-43-50-75(51-44-68)99(76-52-45-69(46-53-76)65-27-9-2-10-28-65)78-60-89-95-90(61-78)101(86-56-49-73(67-31-13-4-14-32-67)57-81(86)72-35-17-6-18-36-72)88-63-92-85(62-84(88)97(95)82-39-21-23-41-87(82)100(89)77-54-47-70(48-55-77)66-29-11-3-12-30-66)98-83-40-22-24-42-91(83)102-93-58-74(59-94(103-92)96(93)98)80-38-20-19-37-79(80)71-33-15-5-16-34-71/h1-63H. The lowest BCUT2D eigenvalue weighted by molar-refractivity contribution is 0.465. The van der Waals surface area contributed by atoms with Gasteiger partial charge in [0.2, 0.25) is 0 Å². The molecule has 0 N–H and O–H groups in total. The number of fused-ring (bicyclic) bond motifs is 8. The molecule has 0 atom stereocenters. The summed E-state index contributed by atoms with van der Waals surface area (Å²) in [6.07, 6.45) is 0. The van der Waals surface area contributed by atoms with E-state index in [1.165, 1.54) is 22.0 Å². The predicted octanol–water partition coefficient (Wildman–Crippen LogP) is 21.6. The summed E-state index contributed by atoms with van der Waals surface area (Å²) in [5, 5.41) is 0. The molecule has 7 heteroatoms. The number of hydrogen-bond donors (Lipinski definition) is 0. The number of para-hydroxylation sites is 2. The molecule has 4 aliphatic heterocycles. The second-order valence-corrected chi connectivity index (χ2v) is 27.0. The maximum Gasteiger partial charge on any atom is 0.260 e. The molecule has 16 aromatic rings. The van der Waals surface area contributed by atoms with Gasteiger partial charge in [0, 0.05) is 56.9 Å². The van der Waals surface area contributed by atoms with Crippen LogP contribution in [0.5, 0.6) is 23.0 Å². The Morgan fingerprint density at radius 3 is 1.18 bits per heavy atom. The molecule has 480 valence electrons. The Morgan fingerprint density at radius 2 is 0.621 bits per heavy atom. The van der Waals surface area contributed by atoms with Crippen molar-refractivity contribution in [3.05, 3.63) is 382 Å². The van der Waals surface area contributed by atoms with E-state index in [0.717, 1.165) is 163 Å². The van der Waals surface area contributed by atoms with Gasteiger partial charge >= 0.3 is 0 Å². The van der Waals surface area contributed by atoms with Gasteiger partial charge in [-0.05, 0) is 185 Å². The fraction of sp³-hybridized carbons (Fsp3) is 0. The molecule has 0 fully saturated rings. The van der Waals surface area contributed by atoms with Crippen LogP contribution in [0.3, 0.4) is 0 Å². The quantitative estimate of drug-likeness (QED) is 0.114. The molecule has 0 unspecified atom stereocenters. The summed E-state index contributed by atoms with van der Waals surface area (Å²) < 4.78 is 14.8. The minimum Gasteiger partial charge on any atom is -0.458 e. The van der Waals surface area contributed by atoms with Gasteiger partial charge in [-0.25, -0.2) is 0 Å². The summed E-state index contributed by atoms with van der Waals surface area (Å²) >= 11 is 0. The van der Waals surface area contributed by atoms with E-state index in [9.17, 15) is 0 Å². The SMILES string of the molecule is c1ccc(-c2ccc(N(c3ccc(-c4ccccc4)cc3)c3cc4c5c(c3)N(c3ccc(-c6ccccc6)cc3-c3ccccc3)c3cc6c(cc3B5c3ccccc3N4c3ccc(-c4ccccc4)cc3)B3c4ccccc4Oc4cc(-c5ccccc5-c5ccccc5)cc(c43)O6)cc2)cc1. The molecule has 0 aromatic heterocycles. The first kappa shape index (κ1) is 59.7. The van der Waals surface area contributed by atoms with E-state index in [-0.39, 0.29) is 13.4 Å². The Bertz CT molecular complexity index is 5840. The highest BCUT2D eigenvalue weighted by Crippen LogP contribution is 2.52. The van der Waals surface area contributed by atoms with Crippen LogP contribution in [-0.2, 0) is 0 Å². The molecule has 0 amide bonds. The Kier molecular flexibility index (Phi) is 14.4. The van der Waals surface area contributed by atoms with Crippen molar-refractivity contribution < 1.29 is 9.47 Å². The molecule has 5 nitrogen and oxygen atoms in total. The maximum absolute atomic E-state index is 7.71. The van der Waals surface area contributed by atoms with Crippen molar-refractivity contribution in [2.75, 3.05) is 14.7 Å². The minimum absolute atomic E-state index is 0.224. The first-order valence-corrected chi connectivity index (χ1v) is 35.4. The molecular weight excluding hydrogens is 1250 g/mol. The molecule has 0 aliphatic carbocycles. The number of benzene rings is 16. The van der Waals surface area contributed by atoms with Crippen molar-refractivity contribution in [2.24, 2.45) is 0 Å². The van der Waals surface area contributed by atoms with Crippen molar-refractivity contribution in [1.29, 1.82) is 0 Å². The molecule has 4 aliphatic rings. The van der Waals surface area contributed by atoms with E-state index >= 15 is 0 Å². The molecule has 0 spiro atoms. The Labute approximate surface area is 600 Å². The fourth-order valence-corrected chi connectivity index (χ4v) is 16.4. The zero-order valence-corrected chi connectivity index (χ0v) is 56.2. The van der Waals surface area contributed by atoms with E-state index in [1.54, 1.807) is 0 Å². The van der Waals surface area contributed by atoms with Gasteiger partial charge in [-0.15, -0.1) is 0 Å². The lowest BCUT2D eigenvalue weighted by Gasteiger charge is -2.46. The van der Waals surface area contributed by atoms with Crippen LogP contribution >= 0.6 is 0 Å². The molecular formula is C96H63B2N3O2. The van der Waals surface area contributed by atoms with E-state index in [1.807, 2.05) is 0 Å². The number of nitrogens with zero attached hydrogens (tertiary/aromatic N) is 3. The van der Waals surface area contributed by atoms with Crippen LogP contribution in [0, 0.1) is 0 Å². The van der Waals surface area contributed by atoms with E-state index in [4.69, 9.17) is 9.47 Å². The Balaban J connectivity index is 0.876. The predicted molar refractivity (Wildman–Crippen MR) is 431 cm³/mol. The molecule has 20 rings (SSSR count). The summed E-state index contributed by atoms with van der Waals surface area (Å²) in [4.78, 5) is 7.57. The van der Waals surface area contributed by atoms with Crippen molar-refractivity contribution in [3.63, 3.8) is 0 Å². The first-order chi connectivity index (χ1) is 51.1. The van der Waals surface area contributed by atoms with Crippen LogP contribution in [0.25, 0.3) is 77.9 Å². The monoisotopic (exact) mass is 1310 g/mol. The highest BCUT2D eigenvalue weighted by Gasteiger charge is 2.48. The second-order valence-electron chi connectivity index (χ2n) is 27.0. The molecule has 103 heavy (non-hydrogen) atoms. The zero-order chi connectivity index (χ0) is 67.9. The Morgan fingerprint density at radius 1 is 0.204 bits per heavy atom. The fourth-order valence-electron chi connectivity index (χ4n) is 16.4. The summed E-state index contributed by atoms with van der Waals surface area (Å²) in [7, 11) is 0. The summed E-state index contributed by atoms with van der Waals surface area (Å²) in [5.41, 5.74) is 32.0. The van der Waals surface area contributed by atoms with Crippen molar-refractivity contribution in [1.82, 2.24) is 0 Å². The Hall–Kier alpha value is -13.4. The second kappa shape index (κ2) is 24.8. The average Bonchev–Trinajstić information content (AvgIpc) is 0.688. The third-order valence-corrected chi connectivity index (χ3v) is 21.2. The normalized spacial score (nSPS) is 12.5. The van der Waals surface area contributed by atoms with Gasteiger partial charge in [-0.3, -0.25) is 0 Å². The summed E-state index contributed by atoms with van der Waals surface area (Å²) in [6.45, 7) is -0.482. The molecule has 0 bridgehead atoms. The smallest absolute Gasteiger partial charge is 0.260 e. The topological polar surface area (TPSA) is 28.2 Å². The minimum atomic E-state index is -0.257. The molecule has 0 radical (unpaired) electrons. The van der Waals surface area contributed by atoms with Crippen LogP contribution in [0.15, 0.2) is 382 Å². The van der Waals surface area contributed by atoms with Crippen molar-refractivity contribution >= 4 is 97.4 Å². The molecule has 16 aromatic carbocycles. The van der Waals surface area contributed by atoms with E-state index in [2.05, 4.69) is 397 Å². The van der Waals surface area contributed by atoms with Gasteiger partial charge in [0.05, 0.1) is 11.4 Å². The number of rotatable bonds is 12. The molecule has 0 saturated heterocycles. The number of anilines is 9. The van der Waals surface area contributed by atoms with Gasteiger partial charge < -0.3 is 24.2 Å². The first-order valence-electron chi connectivity index (χ1n) is 35.4. The molecule has 0 saturated carbocycles. The lowest BCUT2D eigenvalue weighted by atomic mass is 9.31. The zero-order valence-electron chi connectivity index (χ0n) is 56.2. The van der Waals surface area contributed by atoms with Crippen LogP contribution in [0.4, 0.5) is 51.2 Å². The average molecular weight is 1310 g/mol. The molecule has 4 heterocycles. The van der Waals surface area contributed by atoms with Gasteiger partial charge in [-0.2, -0.15) is 0 Å². The van der Waals surface area contributed by atoms with Crippen LogP contribution in [-0.4, -0.2) is 13.4 Å². The third kappa shape index (κ3) is 10.3. The highest BCUT2D eigenvalue weighted by molar-refractivity contribution is 7.02. The van der Waals surface area contributed by atoms with Crippen LogP contribution in [0.2, 0.25) is 0 Å². The maximum atomic E-state index is 7.71. The van der Waals surface area contributed by atoms with Crippen LogP contribution < -0.4 is 57.0 Å². The number of hydrogen-bond acceptors (Lipinski definition) is 5.